The molecule has 0 aliphatic rings. The lowest BCUT2D eigenvalue weighted by Crippen LogP contribution is -2.14. The van der Waals surface area contributed by atoms with E-state index in [9.17, 15) is 9.18 Å². The average Bonchev–Trinajstić information content (AvgIpc) is 3.18. The molecule has 0 saturated heterocycles. The zero-order valence-electron chi connectivity index (χ0n) is 16.4. The van der Waals surface area contributed by atoms with E-state index in [1.165, 1.54) is 17.7 Å². The molecule has 1 N–H and O–H groups in total. The Balaban J connectivity index is 1.50. The van der Waals surface area contributed by atoms with Gasteiger partial charge in [-0.25, -0.2) is 4.39 Å². The fraction of sp³-hybridized carbons (Fsp3) is 0.286. The van der Waals surface area contributed by atoms with Gasteiger partial charge in [0, 0.05) is 5.69 Å². The number of halogens is 1. The van der Waals surface area contributed by atoms with E-state index in [2.05, 4.69) is 29.4 Å². The van der Waals surface area contributed by atoms with E-state index in [1.807, 2.05) is 24.3 Å². The molecule has 3 rings (SSSR count). The molecule has 0 spiro atoms. The highest BCUT2D eigenvalue weighted by atomic mass is 32.2. The molecular weight excluding hydrogens is 393 g/mol. The predicted octanol–water partition coefficient (Wildman–Crippen LogP) is 5.20. The molecule has 29 heavy (non-hydrogen) atoms. The summed E-state index contributed by atoms with van der Waals surface area (Å²) < 4.78 is 24.7. The topological polar surface area (TPSA) is 77.2 Å². The molecule has 0 fully saturated rings. The Bertz CT molecular complexity index is 960. The van der Waals surface area contributed by atoms with Crippen molar-refractivity contribution >= 4 is 23.4 Å². The number of thioether (sulfide) groups is 1. The number of benzene rings is 2. The highest BCUT2D eigenvalue weighted by Crippen LogP contribution is 2.25. The standard InChI is InChI=1S/C21H22FN3O3S/c1-13(2)15-8-10-16(11-9-15)23-19(26)12-29-21-25-24-20(28-21)14(3)27-18-7-5-4-6-17(18)22/h4-11,13-14H,12H2,1-3H3,(H,23,26)/t14-/m1/s1. The summed E-state index contributed by atoms with van der Waals surface area (Å²) >= 11 is 1.12. The van der Waals surface area contributed by atoms with Crippen LogP contribution in [0.5, 0.6) is 5.75 Å². The van der Waals surface area contributed by atoms with Gasteiger partial charge in [-0.15, -0.1) is 10.2 Å². The summed E-state index contributed by atoms with van der Waals surface area (Å²) in [5.74, 6) is 0.229. The van der Waals surface area contributed by atoms with E-state index in [0.29, 0.717) is 5.92 Å². The van der Waals surface area contributed by atoms with Gasteiger partial charge >= 0.3 is 0 Å². The summed E-state index contributed by atoms with van der Waals surface area (Å²) in [7, 11) is 0. The number of carbonyl (C=O) groups excluding carboxylic acids is 1. The van der Waals surface area contributed by atoms with E-state index in [1.54, 1.807) is 19.1 Å². The van der Waals surface area contributed by atoms with Crippen molar-refractivity contribution in [1.29, 1.82) is 0 Å². The lowest BCUT2D eigenvalue weighted by molar-refractivity contribution is -0.113. The van der Waals surface area contributed by atoms with Crippen molar-refractivity contribution in [2.45, 2.75) is 38.0 Å². The number of ether oxygens (including phenoxy) is 1. The van der Waals surface area contributed by atoms with Crippen LogP contribution in [0.4, 0.5) is 10.1 Å². The Morgan fingerprint density at radius 1 is 1.14 bits per heavy atom. The molecule has 1 atom stereocenters. The number of hydrogen-bond acceptors (Lipinski definition) is 6. The van der Waals surface area contributed by atoms with Crippen molar-refractivity contribution in [3.05, 3.63) is 65.8 Å². The van der Waals surface area contributed by atoms with Crippen molar-refractivity contribution in [2.75, 3.05) is 11.1 Å². The maximum atomic E-state index is 13.7. The fourth-order valence-electron chi connectivity index (χ4n) is 2.50. The lowest BCUT2D eigenvalue weighted by Gasteiger charge is -2.11. The van der Waals surface area contributed by atoms with E-state index < -0.39 is 11.9 Å². The van der Waals surface area contributed by atoms with Crippen molar-refractivity contribution in [2.24, 2.45) is 0 Å². The second-order valence-electron chi connectivity index (χ2n) is 6.71. The minimum Gasteiger partial charge on any atom is -0.478 e. The van der Waals surface area contributed by atoms with E-state index in [-0.39, 0.29) is 28.5 Å². The molecule has 8 heteroatoms. The predicted molar refractivity (Wildman–Crippen MR) is 110 cm³/mol. The van der Waals surface area contributed by atoms with Crippen LogP contribution in [0.25, 0.3) is 0 Å². The van der Waals surface area contributed by atoms with Crippen LogP contribution in [0, 0.1) is 5.82 Å². The van der Waals surface area contributed by atoms with Crippen LogP contribution >= 0.6 is 11.8 Å². The van der Waals surface area contributed by atoms with Gasteiger partial charge in [-0.05, 0) is 42.7 Å². The van der Waals surface area contributed by atoms with E-state index >= 15 is 0 Å². The van der Waals surface area contributed by atoms with Gasteiger partial charge in [-0.1, -0.05) is 49.9 Å². The number of para-hydroxylation sites is 1. The van der Waals surface area contributed by atoms with Gasteiger partial charge in [0.15, 0.2) is 17.7 Å². The minimum absolute atomic E-state index is 0.107. The van der Waals surface area contributed by atoms with Crippen LogP contribution < -0.4 is 10.1 Å². The molecule has 1 heterocycles. The summed E-state index contributed by atoms with van der Waals surface area (Å²) in [5.41, 5.74) is 1.95. The minimum atomic E-state index is -0.623. The first kappa shape index (κ1) is 20.9. The Hall–Kier alpha value is -2.87. The van der Waals surface area contributed by atoms with Gasteiger partial charge in [0.2, 0.25) is 5.91 Å². The Labute approximate surface area is 172 Å². The number of rotatable bonds is 8. The monoisotopic (exact) mass is 415 g/mol. The summed E-state index contributed by atoms with van der Waals surface area (Å²) in [5, 5.41) is 10.9. The highest BCUT2D eigenvalue weighted by Gasteiger charge is 2.18. The normalized spacial score (nSPS) is 12.0. The Morgan fingerprint density at radius 2 is 1.86 bits per heavy atom. The van der Waals surface area contributed by atoms with Crippen LogP contribution in [0.3, 0.4) is 0 Å². The summed E-state index contributed by atoms with van der Waals surface area (Å²) in [6, 6.07) is 13.8. The zero-order chi connectivity index (χ0) is 20.8. The van der Waals surface area contributed by atoms with Crippen LogP contribution in [0.1, 0.15) is 44.2 Å². The molecule has 2 aromatic carbocycles. The third kappa shape index (κ3) is 5.80. The lowest BCUT2D eigenvalue weighted by atomic mass is 10.0. The maximum absolute atomic E-state index is 13.7. The molecule has 0 aliphatic carbocycles. The molecule has 1 amide bonds. The molecule has 0 aliphatic heterocycles. The van der Waals surface area contributed by atoms with Crippen LogP contribution in [0.2, 0.25) is 0 Å². The van der Waals surface area contributed by atoms with Crippen molar-refractivity contribution in [3.8, 4) is 5.75 Å². The maximum Gasteiger partial charge on any atom is 0.277 e. The zero-order valence-corrected chi connectivity index (χ0v) is 17.2. The van der Waals surface area contributed by atoms with Crippen LogP contribution in [-0.4, -0.2) is 21.9 Å². The van der Waals surface area contributed by atoms with E-state index in [0.717, 1.165) is 17.4 Å². The smallest absolute Gasteiger partial charge is 0.277 e. The Morgan fingerprint density at radius 3 is 2.55 bits per heavy atom. The van der Waals surface area contributed by atoms with Crippen molar-refractivity contribution in [1.82, 2.24) is 10.2 Å². The fourth-order valence-corrected chi connectivity index (χ4v) is 3.07. The molecule has 0 radical (unpaired) electrons. The summed E-state index contributed by atoms with van der Waals surface area (Å²) in [6.07, 6.45) is -0.623. The number of amides is 1. The molecular formula is C21H22FN3O3S. The second-order valence-corrected chi connectivity index (χ2v) is 7.64. The SMILES string of the molecule is CC(C)c1ccc(NC(=O)CSc2nnc([C@@H](C)Oc3ccccc3F)o2)cc1. The molecule has 3 aromatic rings. The van der Waals surface area contributed by atoms with Gasteiger partial charge < -0.3 is 14.5 Å². The molecule has 0 saturated carbocycles. The van der Waals surface area contributed by atoms with Crippen molar-refractivity contribution in [3.63, 3.8) is 0 Å². The number of nitrogens with zero attached hydrogens (tertiary/aromatic N) is 2. The number of carbonyl (C=O) groups is 1. The number of hydrogen-bond donors (Lipinski definition) is 1. The quantitative estimate of drug-likeness (QED) is 0.509. The highest BCUT2D eigenvalue weighted by molar-refractivity contribution is 7.99. The first-order chi connectivity index (χ1) is 13.9. The van der Waals surface area contributed by atoms with Gasteiger partial charge in [-0.2, -0.15) is 0 Å². The van der Waals surface area contributed by atoms with Crippen LogP contribution in [0.15, 0.2) is 58.2 Å². The van der Waals surface area contributed by atoms with E-state index in [4.69, 9.17) is 9.15 Å². The molecule has 0 bridgehead atoms. The first-order valence-corrected chi connectivity index (χ1v) is 10.2. The number of aromatic nitrogens is 2. The average molecular weight is 415 g/mol. The van der Waals surface area contributed by atoms with Crippen molar-refractivity contribution < 1.29 is 18.3 Å². The molecule has 6 nitrogen and oxygen atoms in total. The third-order valence-corrected chi connectivity index (χ3v) is 4.92. The first-order valence-electron chi connectivity index (χ1n) is 9.19. The summed E-state index contributed by atoms with van der Waals surface area (Å²) in [6.45, 7) is 5.91. The summed E-state index contributed by atoms with van der Waals surface area (Å²) in [4.78, 5) is 12.1. The van der Waals surface area contributed by atoms with Gasteiger partial charge in [0.1, 0.15) is 0 Å². The Kier molecular flexibility index (Phi) is 6.87. The molecule has 1 aromatic heterocycles. The van der Waals surface area contributed by atoms with Gasteiger partial charge in [0.05, 0.1) is 5.75 Å². The second kappa shape index (κ2) is 9.56. The third-order valence-electron chi connectivity index (χ3n) is 4.10. The molecule has 0 unspecified atom stereocenters. The number of nitrogens with one attached hydrogen (secondary N) is 1. The van der Waals surface area contributed by atoms with Gasteiger partial charge in [-0.3, -0.25) is 4.79 Å². The van der Waals surface area contributed by atoms with Crippen LogP contribution in [-0.2, 0) is 4.79 Å². The number of anilines is 1. The molecule has 152 valence electrons. The van der Waals surface area contributed by atoms with Gasteiger partial charge in [0.25, 0.3) is 11.1 Å². The largest absolute Gasteiger partial charge is 0.478 e.